The van der Waals surface area contributed by atoms with Gasteiger partial charge in [-0.05, 0) is 43.9 Å². The summed E-state index contributed by atoms with van der Waals surface area (Å²) in [5, 5.41) is 0. The number of benzene rings is 1. The summed E-state index contributed by atoms with van der Waals surface area (Å²) in [6.07, 6.45) is 1.16. The number of aryl methyl sites for hydroxylation is 1. The zero-order valence-electron chi connectivity index (χ0n) is 16.0. The van der Waals surface area contributed by atoms with Crippen molar-refractivity contribution in [3.05, 3.63) is 29.3 Å². The summed E-state index contributed by atoms with van der Waals surface area (Å²) in [6, 6.07) is 6.41. The van der Waals surface area contributed by atoms with Crippen molar-refractivity contribution >= 4 is 17.7 Å². The Bertz CT molecular complexity index is 660. The smallest absolute Gasteiger partial charge is 0.409 e. The maximum Gasteiger partial charge on any atom is 0.409 e. The summed E-state index contributed by atoms with van der Waals surface area (Å²) < 4.78 is 4.76. The highest BCUT2D eigenvalue weighted by molar-refractivity contribution is 5.79. The van der Waals surface area contributed by atoms with E-state index in [2.05, 4.69) is 36.9 Å². The van der Waals surface area contributed by atoms with E-state index in [1.54, 1.807) is 4.90 Å². The fourth-order valence-corrected chi connectivity index (χ4v) is 3.94. The topological polar surface area (TPSA) is 53.1 Å². The van der Waals surface area contributed by atoms with Crippen LogP contribution >= 0.6 is 0 Å². The van der Waals surface area contributed by atoms with Crippen molar-refractivity contribution in [3.63, 3.8) is 0 Å². The van der Waals surface area contributed by atoms with Gasteiger partial charge in [0, 0.05) is 50.9 Å². The number of rotatable bonds is 2. The van der Waals surface area contributed by atoms with E-state index in [-0.39, 0.29) is 17.9 Å². The summed E-state index contributed by atoms with van der Waals surface area (Å²) >= 11 is 0. The zero-order chi connectivity index (χ0) is 18.7. The van der Waals surface area contributed by atoms with Gasteiger partial charge in [-0.25, -0.2) is 4.79 Å². The number of ether oxygens (including phenoxy) is 1. The Morgan fingerprint density at radius 1 is 0.962 bits per heavy atom. The van der Waals surface area contributed by atoms with Gasteiger partial charge in [0.1, 0.15) is 0 Å². The number of amides is 2. The first-order valence-electron chi connectivity index (χ1n) is 9.44. The van der Waals surface area contributed by atoms with Gasteiger partial charge in [-0.1, -0.05) is 12.1 Å². The fourth-order valence-electron chi connectivity index (χ4n) is 3.94. The molecule has 0 saturated carbocycles. The van der Waals surface area contributed by atoms with E-state index in [0.29, 0.717) is 13.1 Å². The Morgan fingerprint density at radius 3 is 2.23 bits per heavy atom. The number of anilines is 1. The number of nitrogens with zero attached hydrogens (tertiary/aromatic N) is 3. The lowest BCUT2D eigenvalue weighted by Crippen LogP contribution is -2.52. The molecule has 6 nitrogen and oxygen atoms in total. The predicted octanol–water partition coefficient (Wildman–Crippen LogP) is 2.43. The summed E-state index contributed by atoms with van der Waals surface area (Å²) in [4.78, 5) is 30.5. The van der Waals surface area contributed by atoms with Gasteiger partial charge in [0.15, 0.2) is 0 Å². The van der Waals surface area contributed by atoms with E-state index < -0.39 is 0 Å². The molecule has 0 aliphatic carbocycles. The second-order valence-electron chi connectivity index (χ2n) is 7.26. The number of piperazine rings is 1. The highest BCUT2D eigenvalue weighted by Gasteiger charge is 2.32. The maximum absolute atomic E-state index is 12.8. The summed E-state index contributed by atoms with van der Waals surface area (Å²) in [5.74, 6) is 0.276. The van der Waals surface area contributed by atoms with Crippen molar-refractivity contribution < 1.29 is 14.3 Å². The average Bonchev–Trinajstić information content (AvgIpc) is 2.69. The summed E-state index contributed by atoms with van der Waals surface area (Å²) in [5.41, 5.74) is 3.91. The molecule has 0 spiro atoms. The molecule has 1 aromatic rings. The first-order valence-corrected chi connectivity index (χ1v) is 9.44. The van der Waals surface area contributed by atoms with Crippen molar-refractivity contribution in [2.24, 2.45) is 5.92 Å². The van der Waals surface area contributed by atoms with Crippen LogP contribution < -0.4 is 4.90 Å². The Hall–Kier alpha value is -2.24. The Balaban J connectivity index is 1.53. The van der Waals surface area contributed by atoms with Crippen LogP contribution in [0.2, 0.25) is 0 Å². The van der Waals surface area contributed by atoms with Crippen LogP contribution in [0.3, 0.4) is 0 Å². The molecule has 0 bridgehead atoms. The molecule has 0 unspecified atom stereocenters. The molecule has 6 heteroatoms. The quantitative estimate of drug-likeness (QED) is 0.814. The van der Waals surface area contributed by atoms with Crippen LogP contribution in [0.15, 0.2) is 18.2 Å². The SMILES string of the molecule is COC(=O)N1CCC(C(=O)N2CCN(c3cccc(C)c3C)CC2)CC1. The molecule has 0 aromatic heterocycles. The molecule has 3 rings (SSSR count). The monoisotopic (exact) mass is 359 g/mol. The van der Waals surface area contributed by atoms with E-state index in [1.807, 2.05) is 4.90 Å². The molecular formula is C20H29N3O3. The Kier molecular flexibility index (Phi) is 5.69. The minimum absolute atomic E-state index is 0.0307. The summed E-state index contributed by atoms with van der Waals surface area (Å²) in [6.45, 7) is 8.79. The third-order valence-corrected chi connectivity index (χ3v) is 5.79. The van der Waals surface area contributed by atoms with E-state index in [9.17, 15) is 9.59 Å². The van der Waals surface area contributed by atoms with Crippen LogP contribution in [-0.4, -0.2) is 68.2 Å². The lowest BCUT2D eigenvalue weighted by molar-refractivity contribution is -0.137. The van der Waals surface area contributed by atoms with E-state index in [4.69, 9.17) is 4.74 Å². The molecule has 0 radical (unpaired) electrons. The van der Waals surface area contributed by atoms with Gasteiger partial charge in [0.2, 0.25) is 5.91 Å². The van der Waals surface area contributed by atoms with E-state index in [1.165, 1.54) is 23.9 Å². The molecule has 2 saturated heterocycles. The average molecular weight is 359 g/mol. The van der Waals surface area contributed by atoms with Gasteiger partial charge < -0.3 is 19.4 Å². The number of piperidine rings is 1. The molecule has 1 aromatic carbocycles. The largest absolute Gasteiger partial charge is 0.453 e. The lowest BCUT2D eigenvalue weighted by atomic mass is 9.95. The highest BCUT2D eigenvalue weighted by atomic mass is 16.5. The maximum atomic E-state index is 12.8. The fraction of sp³-hybridized carbons (Fsp3) is 0.600. The lowest BCUT2D eigenvalue weighted by Gasteiger charge is -2.39. The minimum Gasteiger partial charge on any atom is -0.453 e. The van der Waals surface area contributed by atoms with Crippen LogP contribution in [0.25, 0.3) is 0 Å². The van der Waals surface area contributed by atoms with Crippen LogP contribution in [0, 0.1) is 19.8 Å². The van der Waals surface area contributed by atoms with Crippen LogP contribution in [0.4, 0.5) is 10.5 Å². The first-order chi connectivity index (χ1) is 12.5. The molecule has 142 valence electrons. The third-order valence-electron chi connectivity index (χ3n) is 5.79. The van der Waals surface area contributed by atoms with Gasteiger partial charge in [-0.3, -0.25) is 4.79 Å². The second kappa shape index (κ2) is 7.98. The first kappa shape index (κ1) is 18.5. The molecule has 2 aliphatic heterocycles. The standard InChI is InChI=1S/C20H29N3O3/c1-15-5-4-6-18(16(15)2)21-11-13-22(14-12-21)19(24)17-7-9-23(10-8-17)20(25)26-3/h4-6,17H,7-14H2,1-3H3. The Labute approximate surface area is 155 Å². The van der Waals surface area contributed by atoms with Crippen molar-refractivity contribution in [1.82, 2.24) is 9.80 Å². The van der Waals surface area contributed by atoms with Gasteiger partial charge in [-0.15, -0.1) is 0 Å². The normalized spacial score (nSPS) is 18.8. The van der Waals surface area contributed by atoms with Gasteiger partial charge >= 0.3 is 6.09 Å². The minimum atomic E-state index is -0.293. The number of hydrogen-bond acceptors (Lipinski definition) is 4. The second-order valence-corrected chi connectivity index (χ2v) is 7.26. The van der Waals surface area contributed by atoms with Gasteiger partial charge in [0.05, 0.1) is 7.11 Å². The molecule has 2 amide bonds. The van der Waals surface area contributed by atoms with Crippen LogP contribution in [0.1, 0.15) is 24.0 Å². The molecule has 0 N–H and O–H groups in total. The van der Waals surface area contributed by atoms with Crippen molar-refractivity contribution in [1.29, 1.82) is 0 Å². The molecule has 0 atom stereocenters. The number of likely N-dealkylation sites (tertiary alicyclic amines) is 1. The summed E-state index contributed by atoms with van der Waals surface area (Å²) in [7, 11) is 1.40. The van der Waals surface area contributed by atoms with Crippen LogP contribution in [0.5, 0.6) is 0 Å². The molecule has 26 heavy (non-hydrogen) atoms. The number of carbonyl (C=O) groups excluding carboxylic acids is 2. The van der Waals surface area contributed by atoms with Crippen molar-refractivity contribution in [2.75, 3.05) is 51.3 Å². The van der Waals surface area contributed by atoms with Gasteiger partial charge in [0.25, 0.3) is 0 Å². The number of hydrogen-bond donors (Lipinski definition) is 0. The van der Waals surface area contributed by atoms with Crippen molar-refractivity contribution in [2.45, 2.75) is 26.7 Å². The van der Waals surface area contributed by atoms with E-state index in [0.717, 1.165) is 39.0 Å². The van der Waals surface area contributed by atoms with E-state index >= 15 is 0 Å². The third kappa shape index (κ3) is 3.79. The Morgan fingerprint density at radius 2 is 1.62 bits per heavy atom. The highest BCUT2D eigenvalue weighted by Crippen LogP contribution is 2.25. The molecule has 2 fully saturated rings. The predicted molar refractivity (Wildman–Crippen MR) is 101 cm³/mol. The number of methoxy groups -OCH3 is 1. The molecule has 2 heterocycles. The van der Waals surface area contributed by atoms with Gasteiger partial charge in [-0.2, -0.15) is 0 Å². The van der Waals surface area contributed by atoms with Crippen LogP contribution in [-0.2, 0) is 9.53 Å². The molecule has 2 aliphatic rings. The molecular weight excluding hydrogens is 330 g/mol. The number of carbonyl (C=O) groups is 2. The van der Waals surface area contributed by atoms with Crippen molar-refractivity contribution in [3.8, 4) is 0 Å². The zero-order valence-corrected chi connectivity index (χ0v) is 16.0.